The maximum absolute atomic E-state index is 13.4. The molecule has 0 aliphatic carbocycles. The molecule has 0 radical (unpaired) electrons. The molecule has 0 N–H and O–H groups in total. The maximum atomic E-state index is 13.4. The summed E-state index contributed by atoms with van der Waals surface area (Å²) >= 11 is 0. The van der Waals surface area contributed by atoms with Crippen LogP contribution in [0.25, 0.3) is 6.08 Å². The minimum Gasteiger partial charge on any atom is -0.280 e. The highest BCUT2D eigenvalue weighted by atomic mass is 19.1. The van der Waals surface area contributed by atoms with E-state index in [0.717, 1.165) is 28.1 Å². The quantitative estimate of drug-likeness (QED) is 0.673. The minimum atomic E-state index is -0.195. The summed E-state index contributed by atoms with van der Waals surface area (Å²) < 4.78 is 13.4. The Labute approximate surface area is 146 Å². The Bertz CT molecular complexity index is 959. The van der Waals surface area contributed by atoms with Gasteiger partial charge in [0.25, 0.3) is 0 Å². The molecule has 2 heterocycles. The van der Waals surface area contributed by atoms with Gasteiger partial charge in [0, 0.05) is 11.8 Å². The molecule has 2 nitrogen and oxygen atoms in total. The number of halogens is 1. The van der Waals surface area contributed by atoms with Crippen molar-refractivity contribution in [1.29, 1.82) is 0 Å². The van der Waals surface area contributed by atoms with E-state index in [1.165, 1.54) is 11.6 Å². The lowest BCUT2D eigenvalue weighted by Gasteiger charge is -2.06. The van der Waals surface area contributed by atoms with Crippen LogP contribution in [-0.2, 0) is 13.0 Å². The van der Waals surface area contributed by atoms with Gasteiger partial charge in [0.05, 0.1) is 18.0 Å². The number of aromatic nitrogens is 1. The first kappa shape index (κ1) is 15.5. The van der Waals surface area contributed by atoms with Crippen molar-refractivity contribution < 1.29 is 4.39 Å². The molecule has 0 fully saturated rings. The molecule has 0 atom stereocenters. The monoisotopic (exact) mass is 328 g/mol. The summed E-state index contributed by atoms with van der Waals surface area (Å²) in [6.07, 6.45) is 6.48. The molecule has 0 bridgehead atoms. The highest BCUT2D eigenvalue weighted by Gasteiger charge is 2.14. The molecule has 0 saturated carbocycles. The highest BCUT2D eigenvalue weighted by Crippen LogP contribution is 2.23. The van der Waals surface area contributed by atoms with E-state index in [0.29, 0.717) is 13.0 Å². The van der Waals surface area contributed by atoms with Crippen molar-refractivity contribution in [2.75, 3.05) is 0 Å². The largest absolute Gasteiger partial charge is 0.280 e. The third kappa shape index (κ3) is 3.56. The standard InChI is InChI=1S/C22H17FN2/c23-19-5-3-4-16(13-19)12-17-7-8-18-15-25-22(21(18)14-17)10-9-20-6-1-2-11-24-20/h1-11,13-14H,12,15H2/b10-9+. The second-order valence-electron chi connectivity index (χ2n) is 6.09. The molecule has 0 spiro atoms. The summed E-state index contributed by atoms with van der Waals surface area (Å²) in [6, 6.07) is 19.0. The van der Waals surface area contributed by atoms with Crippen LogP contribution in [0, 0.1) is 5.82 Å². The molecule has 122 valence electrons. The number of hydrogen-bond acceptors (Lipinski definition) is 2. The van der Waals surface area contributed by atoms with Crippen LogP contribution in [0.3, 0.4) is 0 Å². The third-order valence-electron chi connectivity index (χ3n) is 4.27. The first-order valence-electron chi connectivity index (χ1n) is 8.28. The van der Waals surface area contributed by atoms with E-state index in [9.17, 15) is 4.39 Å². The fourth-order valence-corrected chi connectivity index (χ4v) is 3.03. The molecular formula is C22H17FN2. The second kappa shape index (κ2) is 6.81. The first-order valence-corrected chi connectivity index (χ1v) is 8.28. The van der Waals surface area contributed by atoms with Gasteiger partial charge in [0.2, 0.25) is 0 Å². The fourth-order valence-electron chi connectivity index (χ4n) is 3.03. The summed E-state index contributed by atoms with van der Waals surface area (Å²) in [4.78, 5) is 8.92. The van der Waals surface area contributed by atoms with Gasteiger partial charge in [-0.2, -0.15) is 0 Å². The number of rotatable bonds is 4. The van der Waals surface area contributed by atoms with E-state index in [1.807, 2.05) is 36.4 Å². The van der Waals surface area contributed by atoms with Gasteiger partial charge >= 0.3 is 0 Å². The summed E-state index contributed by atoms with van der Waals surface area (Å²) in [6.45, 7) is 0.706. The Morgan fingerprint density at radius 2 is 1.84 bits per heavy atom. The average Bonchev–Trinajstić information content (AvgIpc) is 3.03. The zero-order valence-electron chi connectivity index (χ0n) is 13.7. The average molecular weight is 328 g/mol. The smallest absolute Gasteiger partial charge is 0.123 e. The predicted molar refractivity (Wildman–Crippen MR) is 99.2 cm³/mol. The topological polar surface area (TPSA) is 25.2 Å². The van der Waals surface area contributed by atoms with Crippen LogP contribution < -0.4 is 0 Å². The second-order valence-corrected chi connectivity index (χ2v) is 6.09. The Hall–Kier alpha value is -3.07. The number of aliphatic imine (C=N–C) groups is 1. The van der Waals surface area contributed by atoms with Crippen LogP contribution in [0.1, 0.15) is 27.9 Å². The van der Waals surface area contributed by atoms with Gasteiger partial charge < -0.3 is 0 Å². The third-order valence-corrected chi connectivity index (χ3v) is 4.27. The molecule has 0 amide bonds. The summed E-state index contributed by atoms with van der Waals surface area (Å²) in [7, 11) is 0. The lowest BCUT2D eigenvalue weighted by Crippen LogP contribution is -1.97. The van der Waals surface area contributed by atoms with Gasteiger partial charge in [-0.15, -0.1) is 0 Å². The van der Waals surface area contributed by atoms with Crippen molar-refractivity contribution in [3.63, 3.8) is 0 Å². The Balaban J connectivity index is 1.57. The van der Waals surface area contributed by atoms with E-state index >= 15 is 0 Å². The summed E-state index contributed by atoms with van der Waals surface area (Å²) in [5.74, 6) is -0.195. The highest BCUT2D eigenvalue weighted by molar-refractivity contribution is 6.13. The number of allylic oxidation sites excluding steroid dienone is 1. The van der Waals surface area contributed by atoms with Crippen molar-refractivity contribution >= 4 is 11.8 Å². The number of benzene rings is 2. The van der Waals surface area contributed by atoms with Crippen LogP contribution in [0.4, 0.5) is 4.39 Å². The van der Waals surface area contributed by atoms with Crippen molar-refractivity contribution in [2.45, 2.75) is 13.0 Å². The molecule has 1 aromatic heterocycles. The van der Waals surface area contributed by atoms with Crippen molar-refractivity contribution in [3.8, 4) is 0 Å². The first-order chi connectivity index (χ1) is 12.3. The molecule has 1 aliphatic heterocycles. The SMILES string of the molecule is Fc1cccc(Cc2ccc3c(c2)C(/C=C/c2ccccn2)=NC3)c1. The van der Waals surface area contributed by atoms with Gasteiger partial charge in [0.1, 0.15) is 5.82 Å². The van der Waals surface area contributed by atoms with Gasteiger partial charge in [-0.3, -0.25) is 9.98 Å². The molecule has 3 heteroatoms. The zero-order chi connectivity index (χ0) is 17.1. The van der Waals surface area contributed by atoms with E-state index < -0.39 is 0 Å². The molecule has 3 aromatic rings. The number of fused-ring (bicyclic) bond motifs is 1. The minimum absolute atomic E-state index is 0.195. The number of pyridine rings is 1. The van der Waals surface area contributed by atoms with Gasteiger partial charge in [-0.25, -0.2) is 4.39 Å². The molecule has 0 saturated heterocycles. The van der Waals surface area contributed by atoms with Crippen LogP contribution in [-0.4, -0.2) is 10.7 Å². The maximum Gasteiger partial charge on any atom is 0.123 e. The fraction of sp³-hybridized carbons (Fsp3) is 0.0909. The lowest BCUT2D eigenvalue weighted by molar-refractivity contribution is 0.626. The van der Waals surface area contributed by atoms with Crippen LogP contribution in [0.15, 0.2) is 77.9 Å². The van der Waals surface area contributed by atoms with Crippen molar-refractivity contribution in [1.82, 2.24) is 4.98 Å². The van der Waals surface area contributed by atoms with E-state index in [-0.39, 0.29) is 5.82 Å². The molecular weight excluding hydrogens is 311 g/mol. The van der Waals surface area contributed by atoms with Crippen LogP contribution in [0.5, 0.6) is 0 Å². The molecule has 4 rings (SSSR count). The summed E-state index contributed by atoms with van der Waals surface area (Å²) in [5, 5.41) is 0. The van der Waals surface area contributed by atoms with Gasteiger partial charge in [-0.05, 0) is 65.6 Å². The Kier molecular flexibility index (Phi) is 4.21. The zero-order valence-corrected chi connectivity index (χ0v) is 13.7. The molecule has 0 unspecified atom stereocenters. The summed E-state index contributed by atoms with van der Waals surface area (Å²) in [5.41, 5.74) is 6.40. The van der Waals surface area contributed by atoms with Crippen LogP contribution >= 0.6 is 0 Å². The predicted octanol–water partition coefficient (Wildman–Crippen LogP) is 4.83. The van der Waals surface area contributed by atoms with Gasteiger partial charge in [-0.1, -0.05) is 30.3 Å². The Morgan fingerprint density at radius 3 is 2.68 bits per heavy atom. The van der Waals surface area contributed by atoms with Gasteiger partial charge in [0.15, 0.2) is 0 Å². The van der Waals surface area contributed by atoms with Crippen LogP contribution in [0.2, 0.25) is 0 Å². The molecule has 2 aromatic carbocycles. The van der Waals surface area contributed by atoms with E-state index in [2.05, 4.69) is 28.2 Å². The van der Waals surface area contributed by atoms with E-state index in [1.54, 1.807) is 18.3 Å². The molecule has 1 aliphatic rings. The molecule has 25 heavy (non-hydrogen) atoms. The number of hydrogen-bond donors (Lipinski definition) is 0. The van der Waals surface area contributed by atoms with Crippen molar-refractivity contribution in [3.05, 3.63) is 107 Å². The van der Waals surface area contributed by atoms with Crippen molar-refractivity contribution in [2.24, 2.45) is 4.99 Å². The number of nitrogens with zero attached hydrogens (tertiary/aromatic N) is 2. The lowest BCUT2D eigenvalue weighted by atomic mass is 9.98. The van der Waals surface area contributed by atoms with E-state index in [4.69, 9.17) is 0 Å². The Morgan fingerprint density at radius 1 is 0.920 bits per heavy atom. The normalized spacial score (nSPS) is 13.1.